The fourth-order valence-electron chi connectivity index (χ4n) is 2.01. The minimum atomic E-state index is -0.273. The molecule has 1 aromatic carbocycles. The molecule has 0 amide bonds. The lowest BCUT2D eigenvalue weighted by molar-refractivity contribution is -0.140. The first-order chi connectivity index (χ1) is 9.43. The lowest BCUT2D eigenvalue weighted by Gasteiger charge is -2.10. The Labute approximate surface area is 131 Å². The number of pyridine rings is 1. The van der Waals surface area contributed by atoms with E-state index in [0.29, 0.717) is 27.0 Å². The first-order valence-electron chi connectivity index (χ1n) is 5.94. The summed E-state index contributed by atoms with van der Waals surface area (Å²) in [5.41, 5.74) is 2.28. The van der Waals surface area contributed by atoms with Crippen molar-refractivity contribution in [3.05, 3.63) is 38.5 Å². The van der Waals surface area contributed by atoms with Gasteiger partial charge < -0.3 is 4.74 Å². The van der Waals surface area contributed by atoms with E-state index >= 15 is 0 Å². The van der Waals surface area contributed by atoms with E-state index < -0.39 is 0 Å². The summed E-state index contributed by atoms with van der Waals surface area (Å²) in [5.74, 6) is -0.273. The van der Waals surface area contributed by atoms with E-state index in [1.807, 2.05) is 13.0 Å². The van der Waals surface area contributed by atoms with Crippen LogP contribution in [0.25, 0.3) is 10.9 Å². The van der Waals surface area contributed by atoms with Crippen molar-refractivity contribution < 1.29 is 9.53 Å². The van der Waals surface area contributed by atoms with Crippen LogP contribution in [-0.4, -0.2) is 18.1 Å². The van der Waals surface area contributed by atoms with Crippen LogP contribution in [-0.2, 0) is 16.0 Å². The summed E-state index contributed by atoms with van der Waals surface area (Å²) in [4.78, 5) is 15.6. The molecule has 2 aromatic rings. The molecule has 0 saturated heterocycles. The minimum absolute atomic E-state index is 0.271. The van der Waals surface area contributed by atoms with Crippen molar-refractivity contribution in [1.82, 2.24) is 4.98 Å². The van der Waals surface area contributed by atoms with E-state index in [9.17, 15) is 4.79 Å². The number of carbonyl (C=O) groups excluding carboxylic acids is 1. The topological polar surface area (TPSA) is 39.2 Å². The fraction of sp³-hybridized carbons (Fsp3) is 0.286. The largest absolute Gasteiger partial charge is 0.469 e. The monoisotopic (exact) mass is 331 g/mol. The lowest BCUT2D eigenvalue weighted by Crippen LogP contribution is -2.03. The van der Waals surface area contributed by atoms with Crippen molar-refractivity contribution in [3.8, 4) is 0 Å². The summed E-state index contributed by atoms with van der Waals surface area (Å²) >= 11 is 18.4. The molecule has 6 heteroatoms. The van der Waals surface area contributed by atoms with E-state index in [4.69, 9.17) is 34.8 Å². The van der Waals surface area contributed by atoms with Crippen molar-refractivity contribution in [2.45, 2.75) is 19.8 Å². The average molecular weight is 333 g/mol. The highest BCUT2D eigenvalue weighted by Crippen LogP contribution is 2.37. The van der Waals surface area contributed by atoms with Gasteiger partial charge in [0.05, 0.1) is 34.1 Å². The summed E-state index contributed by atoms with van der Waals surface area (Å²) in [6.45, 7) is 1.91. The van der Waals surface area contributed by atoms with E-state index in [-0.39, 0.29) is 12.4 Å². The first-order valence-corrected chi connectivity index (χ1v) is 7.08. The Kier molecular flexibility index (Phi) is 4.74. The molecule has 0 aliphatic carbocycles. The van der Waals surface area contributed by atoms with Crippen molar-refractivity contribution in [3.63, 3.8) is 0 Å². The maximum atomic E-state index is 11.2. The molecule has 20 heavy (non-hydrogen) atoms. The van der Waals surface area contributed by atoms with Gasteiger partial charge >= 0.3 is 5.97 Å². The molecule has 3 nitrogen and oxygen atoms in total. The second kappa shape index (κ2) is 6.17. The maximum absolute atomic E-state index is 11.2. The van der Waals surface area contributed by atoms with Gasteiger partial charge in [0.25, 0.3) is 0 Å². The van der Waals surface area contributed by atoms with Gasteiger partial charge in [-0.25, -0.2) is 0 Å². The SMILES string of the molecule is COC(=O)CCc1cc(C)c2c(Cl)c(Cl)cc(Cl)c2n1. The summed E-state index contributed by atoms with van der Waals surface area (Å²) in [6.07, 6.45) is 0.757. The number of carbonyl (C=O) groups is 1. The number of halogens is 3. The zero-order valence-electron chi connectivity index (χ0n) is 11.0. The average Bonchev–Trinajstić information content (AvgIpc) is 2.41. The van der Waals surface area contributed by atoms with Crippen LogP contribution in [0.3, 0.4) is 0 Å². The van der Waals surface area contributed by atoms with Gasteiger partial charge in [0.1, 0.15) is 0 Å². The third-order valence-electron chi connectivity index (χ3n) is 2.99. The number of aromatic nitrogens is 1. The van der Waals surface area contributed by atoms with E-state index in [1.165, 1.54) is 7.11 Å². The second-order valence-electron chi connectivity index (χ2n) is 4.38. The van der Waals surface area contributed by atoms with Crippen LogP contribution in [0.2, 0.25) is 15.1 Å². The van der Waals surface area contributed by atoms with Crippen LogP contribution in [0.15, 0.2) is 12.1 Å². The molecule has 1 aromatic heterocycles. The Morgan fingerprint density at radius 2 is 1.95 bits per heavy atom. The molecule has 2 rings (SSSR count). The van der Waals surface area contributed by atoms with Gasteiger partial charge in [-0.2, -0.15) is 0 Å². The number of esters is 1. The second-order valence-corrected chi connectivity index (χ2v) is 5.58. The molecule has 0 radical (unpaired) electrons. The van der Waals surface area contributed by atoms with Gasteiger partial charge in [0.2, 0.25) is 0 Å². The number of methoxy groups -OCH3 is 1. The van der Waals surface area contributed by atoms with E-state index in [1.54, 1.807) is 6.07 Å². The van der Waals surface area contributed by atoms with Gasteiger partial charge in [0, 0.05) is 17.5 Å². The number of nitrogens with zero attached hydrogens (tertiary/aromatic N) is 1. The Morgan fingerprint density at radius 1 is 1.25 bits per heavy atom. The van der Waals surface area contributed by atoms with Crippen LogP contribution >= 0.6 is 34.8 Å². The number of aryl methyl sites for hydroxylation is 2. The highest BCUT2D eigenvalue weighted by molar-refractivity contribution is 6.47. The smallest absolute Gasteiger partial charge is 0.305 e. The van der Waals surface area contributed by atoms with Gasteiger partial charge in [-0.3, -0.25) is 9.78 Å². The fourth-order valence-corrected chi connectivity index (χ4v) is 2.81. The lowest BCUT2D eigenvalue weighted by atomic mass is 10.1. The molecular weight excluding hydrogens is 321 g/mol. The van der Waals surface area contributed by atoms with Gasteiger partial charge in [-0.1, -0.05) is 34.8 Å². The summed E-state index contributed by atoms with van der Waals surface area (Å²) in [6, 6.07) is 3.45. The Bertz CT molecular complexity index is 686. The zero-order valence-corrected chi connectivity index (χ0v) is 13.2. The molecule has 0 aliphatic heterocycles. The number of benzene rings is 1. The Balaban J connectivity index is 2.50. The molecule has 0 N–H and O–H groups in total. The predicted octanol–water partition coefficient (Wildman–Crippen LogP) is 4.61. The highest BCUT2D eigenvalue weighted by atomic mass is 35.5. The quantitative estimate of drug-likeness (QED) is 0.608. The number of ether oxygens (including phenoxy) is 1. The van der Waals surface area contributed by atoms with Crippen molar-refractivity contribution in [2.75, 3.05) is 7.11 Å². The highest BCUT2D eigenvalue weighted by Gasteiger charge is 2.14. The Morgan fingerprint density at radius 3 is 2.60 bits per heavy atom. The van der Waals surface area contributed by atoms with Crippen LogP contribution in [0.4, 0.5) is 0 Å². The Hall–Kier alpha value is -1.03. The first kappa shape index (κ1) is 15.4. The number of fused-ring (bicyclic) bond motifs is 1. The molecule has 1 heterocycles. The third kappa shape index (κ3) is 3.00. The van der Waals surface area contributed by atoms with E-state index in [2.05, 4.69) is 9.72 Å². The van der Waals surface area contributed by atoms with E-state index in [0.717, 1.165) is 16.6 Å². The molecule has 0 spiro atoms. The molecule has 0 unspecified atom stereocenters. The predicted molar refractivity (Wildman–Crippen MR) is 81.8 cm³/mol. The number of hydrogen-bond donors (Lipinski definition) is 0. The summed E-state index contributed by atoms with van der Waals surface area (Å²) in [7, 11) is 1.36. The normalized spacial score (nSPS) is 10.8. The minimum Gasteiger partial charge on any atom is -0.469 e. The van der Waals surface area contributed by atoms with Gasteiger partial charge in [0.15, 0.2) is 0 Å². The van der Waals surface area contributed by atoms with Crippen LogP contribution < -0.4 is 0 Å². The number of hydrogen-bond acceptors (Lipinski definition) is 3. The molecule has 0 aliphatic rings. The summed E-state index contributed by atoms with van der Waals surface area (Å²) in [5, 5.41) is 2.02. The van der Waals surface area contributed by atoms with Gasteiger partial charge in [-0.15, -0.1) is 0 Å². The van der Waals surface area contributed by atoms with Crippen molar-refractivity contribution >= 4 is 51.7 Å². The van der Waals surface area contributed by atoms with Gasteiger partial charge in [-0.05, 0) is 24.6 Å². The zero-order chi connectivity index (χ0) is 14.9. The number of rotatable bonds is 3. The van der Waals surface area contributed by atoms with Crippen LogP contribution in [0.5, 0.6) is 0 Å². The maximum Gasteiger partial charge on any atom is 0.305 e. The third-order valence-corrected chi connectivity index (χ3v) is 4.07. The molecule has 0 bridgehead atoms. The molecule has 0 saturated carbocycles. The molecule has 106 valence electrons. The van der Waals surface area contributed by atoms with Crippen molar-refractivity contribution in [2.24, 2.45) is 0 Å². The molecule has 0 fully saturated rings. The standard InChI is InChI=1S/C14H12Cl3NO2/c1-7-5-8(3-4-11(19)20-2)18-14-10(16)6-9(15)13(17)12(7)14/h5-6H,3-4H2,1-2H3. The van der Waals surface area contributed by atoms with Crippen molar-refractivity contribution in [1.29, 1.82) is 0 Å². The summed E-state index contributed by atoms with van der Waals surface area (Å²) < 4.78 is 4.62. The van der Waals surface area contributed by atoms with Crippen LogP contribution in [0, 0.1) is 6.92 Å². The molecule has 0 atom stereocenters. The molecular formula is C14H12Cl3NO2. The van der Waals surface area contributed by atoms with Crippen LogP contribution in [0.1, 0.15) is 17.7 Å².